The zero-order valence-electron chi connectivity index (χ0n) is 7.37. The van der Waals surface area contributed by atoms with Gasteiger partial charge in [0.15, 0.2) is 5.13 Å². The van der Waals surface area contributed by atoms with Crippen LogP contribution in [0.3, 0.4) is 0 Å². The SMILES string of the molecule is CC(=O)Nc1nc2cc(I)ccc2s1. The largest absolute Gasteiger partial charge is 0.302 e. The van der Waals surface area contributed by atoms with E-state index in [2.05, 4.69) is 32.9 Å². The molecule has 0 atom stereocenters. The number of carbonyl (C=O) groups excluding carboxylic acids is 1. The summed E-state index contributed by atoms with van der Waals surface area (Å²) in [6.45, 7) is 1.48. The first-order valence-corrected chi connectivity index (χ1v) is 5.88. The lowest BCUT2D eigenvalue weighted by Gasteiger charge is -1.91. The van der Waals surface area contributed by atoms with Gasteiger partial charge in [0, 0.05) is 10.5 Å². The molecule has 0 spiro atoms. The van der Waals surface area contributed by atoms with E-state index in [1.807, 2.05) is 18.2 Å². The number of halogens is 1. The molecule has 1 heterocycles. The van der Waals surface area contributed by atoms with Gasteiger partial charge in [-0.3, -0.25) is 4.79 Å². The molecule has 72 valence electrons. The number of thiazole rings is 1. The second kappa shape index (κ2) is 3.82. The summed E-state index contributed by atoms with van der Waals surface area (Å²) in [7, 11) is 0. The normalized spacial score (nSPS) is 10.4. The summed E-state index contributed by atoms with van der Waals surface area (Å²) in [5.41, 5.74) is 0.936. The van der Waals surface area contributed by atoms with E-state index in [1.54, 1.807) is 0 Å². The minimum atomic E-state index is -0.0845. The van der Waals surface area contributed by atoms with Crippen LogP contribution in [0.15, 0.2) is 18.2 Å². The van der Waals surface area contributed by atoms with Crippen molar-refractivity contribution in [3.63, 3.8) is 0 Å². The predicted molar refractivity (Wildman–Crippen MR) is 66.6 cm³/mol. The summed E-state index contributed by atoms with van der Waals surface area (Å²) in [6.07, 6.45) is 0. The molecule has 0 aliphatic rings. The van der Waals surface area contributed by atoms with E-state index in [9.17, 15) is 4.79 Å². The molecule has 0 radical (unpaired) electrons. The molecule has 5 heteroatoms. The number of rotatable bonds is 1. The van der Waals surface area contributed by atoms with Gasteiger partial charge >= 0.3 is 0 Å². The minimum Gasteiger partial charge on any atom is -0.302 e. The van der Waals surface area contributed by atoms with Crippen LogP contribution in [0.2, 0.25) is 0 Å². The molecule has 1 N–H and O–H groups in total. The molecule has 0 saturated carbocycles. The molecule has 1 amide bonds. The lowest BCUT2D eigenvalue weighted by molar-refractivity contribution is -0.114. The Labute approximate surface area is 98.7 Å². The molecule has 3 nitrogen and oxygen atoms in total. The molecule has 0 unspecified atom stereocenters. The molecule has 14 heavy (non-hydrogen) atoms. The Hall–Kier alpha value is -0.690. The van der Waals surface area contributed by atoms with Crippen LogP contribution in [0.4, 0.5) is 5.13 Å². The Kier molecular flexibility index (Phi) is 2.69. The monoisotopic (exact) mass is 318 g/mol. The van der Waals surface area contributed by atoms with Crippen molar-refractivity contribution in [2.75, 3.05) is 5.32 Å². The standard InChI is InChI=1S/C9H7IN2OS/c1-5(13)11-9-12-7-4-6(10)2-3-8(7)14-9/h2-4H,1H3,(H,11,12,13). The molecule has 0 bridgehead atoms. The number of nitrogens with one attached hydrogen (secondary N) is 1. The lowest BCUT2D eigenvalue weighted by Crippen LogP contribution is -2.04. The van der Waals surface area contributed by atoms with Crippen LogP contribution >= 0.6 is 33.9 Å². The number of fused-ring (bicyclic) bond motifs is 1. The van der Waals surface area contributed by atoms with Crippen LogP contribution in [-0.2, 0) is 4.79 Å². The van der Waals surface area contributed by atoms with Crippen molar-refractivity contribution >= 4 is 55.2 Å². The smallest absolute Gasteiger partial charge is 0.223 e. The Morgan fingerprint density at radius 1 is 1.57 bits per heavy atom. The van der Waals surface area contributed by atoms with Crippen molar-refractivity contribution in [1.82, 2.24) is 4.98 Å². The average molecular weight is 318 g/mol. The van der Waals surface area contributed by atoms with Gasteiger partial charge in [0.2, 0.25) is 5.91 Å². The second-order valence-corrected chi connectivity index (χ2v) is 5.09. The van der Waals surface area contributed by atoms with Crippen molar-refractivity contribution in [1.29, 1.82) is 0 Å². The third-order valence-electron chi connectivity index (χ3n) is 1.63. The molecule has 1 aromatic carbocycles. The van der Waals surface area contributed by atoms with E-state index in [-0.39, 0.29) is 5.91 Å². The maximum Gasteiger partial charge on any atom is 0.223 e. The Balaban J connectivity index is 2.46. The van der Waals surface area contributed by atoms with E-state index in [0.29, 0.717) is 5.13 Å². The first-order chi connectivity index (χ1) is 6.65. The minimum absolute atomic E-state index is 0.0845. The maximum atomic E-state index is 10.8. The van der Waals surface area contributed by atoms with E-state index >= 15 is 0 Å². The number of nitrogens with zero attached hydrogens (tertiary/aromatic N) is 1. The van der Waals surface area contributed by atoms with E-state index in [4.69, 9.17) is 0 Å². The van der Waals surface area contributed by atoms with Crippen molar-refractivity contribution < 1.29 is 4.79 Å². The molecule has 2 rings (SSSR count). The molecular formula is C9H7IN2OS. The van der Waals surface area contributed by atoms with Gasteiger partial charge in [-0.1, -0.05) is 11.3 Å². The molecule has 0 fully saturated rings. The first kappa shape index (κ1) is 9.85. The summed E-state index contributed by atoms with van der Waals surface area (Å²) >= 11 is 3.73. The zero-order valence-corrected chi connectivity index (χ0v) is 10.3. The zero-order chi connectivity index (χ0) is 10.1. The maximum absolute atomic E-state index is 10.8. The van der Waals surface area contributed by atoms with Crippen LogP contribution < -0.4 is 5.32 Å². The van der Waals surface area contributed by atoms with Crippen molar-refractivity contribution in [3.8, 4) is 0 Å². The number of hydrogen-bond donors (Lipinski definition) is 1. The third kappa shape index (κ3) is 2.03. The number of hydrogen-bond acceptors (Lipinski definition) is 3. The Morgan fingerprint density at radius 2 is 2.36 bits per heavy atom. The van der Waals surface area contributed by atoms with Gasteiger partial charge in [-0.05, 0) is 40.8 Å². The summed E-state index contributed by atoms with van der Waals surface area (Å²) in [5, 5.41) is 3.34. The lowest BCUT2D eigenvalue weighted by atomic mass is 10.3. The van der Waals surface area contributed by atoms with Gasteiger partial charge in [-0.15, -0.1) is 0 Å². The predicted octanol–water partition coefficient (Wildman–Crippen LogP) is 2.86. The van der Waals surface area contributed by atoms with Crippen LogP contribution in [0.5, 0.6) is 0 Å². The highest BCUT2D eigenvalue weighted by molar-refractivity contribution is 14.1. The van der Waals surface area contributed by atoms with Gasteiger partial charge < -0.3 is 5.32 Å². The van der Waals surface area contributed by atoms with Crippen LogP contribution in [0, 0.1) is 3.57 Å². The summed E-state index contributed by atoms with van der Waals surface area (Å²) in [4.78, 5) is 15.1. The summed E-state index contributed by atoms with van der Waals surface area (Å²) in [6, 6.07) is 6.04. The van der Waals surface area contributed by atoms with Gasteiger partial charge in [0.1, 0.15) is 0 Å². The third-order valence-corrected chi connectivity index (χ3v) is 3.26. The van der Waals surface area contributed by atoms with Gasteiger partial charge in [-0.25, -0.2) is 4.98 Å². The fourth-order valence-electron chi connectivity index (χ4n) is 1.10. The van der Waals surface area contributed by atoms with Crippen molar-refractivity contribution in [2.45, 2.75) is 6.92 Å². The number of carbonyl (C=O) groups is 1. The van der Waals surface area contributed by atoms with E-state index in [1.165, 1.54) is 18.3 Å². The number of benzene rings is 1. The quantitative estimate of drug-likeness (QED) is 0.822. The van der Waals surface area contributed by atoms with E-state index in [0.717, 1.165) is 13.8 Å². The summed E-state index contributed by atoms with van der Waals surface area (Å²) in [5.74, 6) is -0.0845. The fraction of sp³-hybridized carbons (Fsp3) is 0.111. The highest BCUT2D eigenvalue weighted by Gasteiger charge is 2.04. The van der Waals surface area contributed by atoms with Crippen LogP contribution in [0.25, 0.3) is 10.2 Å². The van der Waals surface area contributed by atoms with Crippen LogP contribution in [-0.4, -0.2) is 10.9 Å². The highest BCUT2D eigenvalue weighted by Crippen LogP contribution is 2.26. The molecule has 1 aromatic heterocycles. The Bertz CT molecular complexity index is 495. The molecule has 2 aromatic rings. The first-order valence-electron chi connectivity index (χ1n) is 3.99. The highest BCUT2D eigenvalue weighted by atomic mass is 127. The van der Waals surface area contributed by atoms with Crippen LogP contribution in [0.1, 0.15) is 6.92 Å². The van der Waals surface area contributed by atoms with E-state index < -0.39 is 0 Å². The van der Waals surface area contributed by atoms with Crippen molar-refractivity contribution in [2.24, 2.45) is 0 Å². The number of amides is 1. The van der Waals surface area contributed by atoms with Gasteiger partial charge in [-0.2, -0.15) is 0 Å². The molecule has 0 aliphatic carbocycles. The second-order valence-electron chi connectivity index (χ2n) is 2.81. The Morgan fingerprint density at radius 3 is 3.07 bits per heavy atom. The molecule has 0 saturated heterocycles. The van der Waals surface area contributed by atoms with Gasteiger partial charge in [0.05, 0.1) is 10.2 Å². The number of anilines is 1. The topological polar surface area (TPSA) is 42.0 Å². The van der Waals surface area contributed by atoms with Gasteiger partial charge in [0.25, 0.3) is 0 Å². The molecule has 0 aliphatic heterocycles. The number of aromatic nitrogens is 1. The summed E-state index contributed by atoms with van der Waals surface area (Å²) < 4.78 is 2.24. The fourth-order valence-corrected chi connectivity index (χ4v) is 2.47. The van der Waals surface area contributed by atoms with Crippen molar-refractivity contribution in [3.05, 3.63) is 21.8 Å². The molecular weight excluding hydrogens is 311 g/mol. The average Bonchev–Trinajstić information content (AvgIpc) is 2.44.